The Morgan fingerprint density at radius 1 is 1.13 bits per heavy atom. The maximum absolute atomic E-state index is 12.4. The van der Waals surface area contributed by atoms with Crippen LogP contribution in [0, 0.1) is 6.92 Å². The Hall–Kier alpha value is -3.88. The topological polar surface area (TPSA) is 124 Å². The van der Waals surface area contributed by atoms with Crippen molar-refractivity contribution in [3.05, 3.63) is 60.2 Å². The molecule has 30 heavy (non-hydrogen) atoms. The molecular formula is C21H22N8O. The first-order chi connectivity index (χ1) is 14.4. The van der Waals surface area contributed by atoms with E-state index in [0.717, 1.165) is 11.1 Å². The lowest BCUT2D eigenvalue weighted by Gasteiger charge is -2.26. The van der Waals surface area contributed by atoms with Crippen molar-refractivity contribution in [2.45, 2.75) is 26.3 Å². The van der Waals surface area contributed by atoms with Crippen LogP contribution in [-0.2, 0) is 5.54 Å². The van der Waals surface area contributed by atoms with Crippen LogP contribution in [0.1, 0.15) is 29.8 Å². The third-order valence-corrected chi connectivity index (χ3v) is 4.92. The first kappa shape index (κ1) is 19.4. The van der Waals surface area contributed by atoms with Crippen molar-refractivity contribution in [2.75, 3.05) is 12.3 Å². The molecule has 3 aromatic heterocycles. The van der Waals surface area contributed by atoms with Gasteiger partial charge in [-0.25, -0.2) is 14.6 Å². The minimum absolute atomic E-state index is 0.234. The second-order valence-electron chi connectivity index (χ2n) is 7.71. The molecule has 0 spiro atoms. The Kier molecular flexibility index (Phi) is 4.86. The van der Waals surface area contributed by atoms with Crippen molar-refractivity contribution in [3.8, 4) is 11.3 Å². The maximum atomic E-state index is 12.4. The Morgan fingerprint density at radius 2 is 1.90 bits per heavy atom. The summed E-state index contributed by atoms with van der Waals surface area (Å²) >= 11 is 0. The lowest BCUT2D eigenvalue weighted by molar-refractivity contribution is 0.0936. The number of hydrogen-bond acceptors (Lipinski definition) is 7. The molecule has 0 saturated carbocycles. The molecule has 9 heteroatoms. The van der Waals surface area contributed by atoms with Gasteiger partial charge in [0, 0.05) is 12.1 Å². The highest BCUT2D eigenvalue weighted by Crippen LogP contribution is 2.32. The molecule has 1 aromatic carbocycles. The van der Waals surface area contributed by atoms with Crippen molar-refractivity contribution in [3.63, 3.8) is 0 Å². The van der Waals surface area contributed by atoms with Gasteiger partial charge in [0.05, 0.1) is 28.9 Å². The highest BCUT2D eigenvalue weighted by molar-refractivity contribution is 5.98. The second-order valence-corrected chi connectivity index (χ2v) is 7.71. The largest absolute Gasteiger partial charge is 0.383 e. The van der Waals surface area contributed by atoms with E-state index in [1.165, 1.54) is 18.7 Å². The molecule has 0 aliphatic carbocycles. The lowest BCUT2D eigenvalue weighted by Crippen LogP contribution is -2.41. The van der Waals surface area contributed by atoms with Crippen LogP contribution in [0.25, 0.3) is 22.3 Å². The zero-order valence-corrected chi connectivity index (χ0v) is 17.0. The zero-order chi connectivity index (χ0) is 21.3. The summed E-state index contributed by atoms with van der Waals surface area (Å²) in [7, 11) is 0. The van der Waals surface area contributed by atoms with Gasteiger partial charge in [-0.1, -0.05) is 29.8 Å². The number of benzene rings is 1. The van der Waals surface area contributed by atoms with Crippen LogP contribution in [0.4, 0.5) is 5.82 Å². The smallest absolute Gasteiger partial charge is 0.253 e. The van der Waals surface area contributed by atoms with E-state index in [2.05, 4.69) is 25.5 Å². The summed E-state index contributed by atoms with van der Waals surface area (Å²) in [5.74, 6) is 0.131. The van der Waals surface area contributed by atoms with E-state index < -0.39 is 5.54 Å². The number of carbonyl (C=O) groups excluding carboxylic acids is 1. The third kappa shape index (κ3) is 3.57. The van der Waals surface area contributed by atoms with E-state index in [4.69, 9.17) is 10.8 Å². The van der Waals surface area contributed by atoms with Crippen molar-refractivity contribution in [2.24, 2.45) is 0 Å². The molecule has 0 aliphatic heterocycles. The number of amides is 1. The first-order valence-electron chi connectivity index (χ1n) is 9.48. The lowest BCUT2D eigenvalue weighted by atomic mass is 10.1. The number of anilines is 1. The molecular weight excluding hydrogens is 380 g/mol. The van der Waals surface area contributed by atoms with Crippen LogP contribution in [0.15, 0.2) is 49.1 Å². The van der Waals surface area contributed by atoms with Crippen LogP contribution in [0.3, 0.4) is 0 Å². The van der Waals surface area contributed by atoms with Gasteiger partial charge in [-0.2, -0.15) is 15.3 Å². The zero-order valence-electron chi connectivity index (χ0n) is 17.0. The van der Waals surface area contributed by atoms with Crippen molar-refractivity contribution >= 4 is 22.8 Å². The molecule has 9 nitrogen and oxygen atoms in total. The molecule has 152 valence electrons. The monoisotopic (exact) mass is 402 g/mol. The highest BCUT2D eigenvalue weighted by Gasteiger charge is 2.28. The number of rotatable bonds is 5. The molecule has 0 radical (unpaired) electrons. The quantitative estimate of drug-likeness (QED) is 0.525. The summed E-state index contributed by atoms with van der Waals surface area (Å²) in [6, 6.07) is 9.66. The second kappa shape index (κ2) is 7.51. The molecule has 0 atom stereocenters. The minimum Gasteiger partial charge on any atom is -0.383 e. The molecule has 0 aliphatic rings. The predicted molar refractivity (Wildman–Crippen MR) is 114 cm³/mol. The summed E-state index contributed by atoms with van der Waals surface area (Å²) in [5, 5.41) is 15.9. The molecule has 1 amide bonds. The Bertz CT molecular complexity index is 1200. The molecule has 0 unspecified atom stereocenters. The number of aromatic nitrogens is 6. The van der Waals surface area contributed by atoms with E-state index in [-0.39, 0.29) is 5.91 Å². The average Bonchev–Trinajstić information content (AvgIpc) is 3.15. The third-order valence-electron chi connectivity index (χ3n) is 4.92. The SMILES string of the molecule is Cc1ccc(-c2nn(C(C)(C)CNC(=O)c3ccnnc3)c3ncnc(N)c23)cc1. The van der Waals surface area contributed by atoms with Gasteiger partial charge in [0.25, 0.3) is 5.91 Å². The number of fused-ring (bicyclic) bond motifs is 1. The van der Waals surface area contributed by atoms with Crippen LogP contribution in [0.2, 0.25) is 0 Å². The molecule has 0 saturated heterocycles. The number of nitrogens with two attached hydrogens (primary N) is 1. The molecule has 0 bridgehead atoms. The van der Waals surface area contributed by atoms with Gasteiger partial charge in [0.2, 0.25) is 0 Å². The number of nitrogen functional groups attached to an aromatic ring is 1. The van der Waals surface area contributed by atoms with Gasteiger partial charge >= 0.3 is 0 Å². The maximum Gasteiger partial charge on any atom is 0.253 e. The fraction of sp³-hybridized carbons (Fsp3) is 0.238. The van der Waals surface area contributed by atoms with E-state index in [1.54, 1.807) is 10.7 Å². The van der Waals surface area contributed by atoms with E-state index >= 15 is 0 Å². The summed E-state index contributed by atoms with van der Waals surface area (Å²) in [4.78, 5) is 21.0. The molecule has 4 aromatic rings. The summed E-state index contributed by atoms with van der Waals surface area (Å²) in [5.41, 5.74) is 9.45. The average molecular weight is 402 g/mol. The van der Waals surface area contributed by atoms with Crippen LogP contribution < -0.4 is 11.1 Å². The van der Waals surface area contributed by atoms with Gasteiger partial charge in [-0.3, -0.25) is 4.79 Å². The van der Waals surface area contributed by atoms with E-state index in [9.17, 15) is 4.79 Å². The number of carbonyl (C=O) groups is 1. The fourth-order valence-electron chi connectivity index (χ4n) is 3.21. The van der Waals surface area contributed by atoms with Crippen LogP contribution >= 0.6 is 0 Å². The standard InChI is InChI=1S/C21H22N8O/c1-13-4-6-14(7-5-13)17-16-18(22)24-12-25-19(16)29(28-17)21(2,3)11-23-20(30)15-8-9-26-27-10-15/h4-10,12H,11H2,1-3H3,(H,23,30)(H2,22,24,25). The van der Waals surface area contributed by atoms with Crippen LogP contribution in [0.5, 0.6) is 0 Å². The van der Waals surface area contributed by atoms with Crippen molar-refractivity contribution in [1.82, 2.24) is 35.3 Å². The van der Waals surface area contributed by atoms with E-state index in [0.29, 0.717) is 34.7 Å². The first-order valence-corrected chi connectivity index (χ1v) is 9.48. The van der Waals surface area contributed by atoms with Crippen LogP contribution in [-0.4, -0.2) is 42.4 Å². The minimum atomic E-state index is -0.585. The molecule has 3 N–H and O–H groups in total. The Morgan fingerprint density at radius 3 is 2.60 bits per heavy atom. The van der Waals surface area contributed by atoms with E-state index in [1.807, 2.05) is 45.0 Å². The predicted octanol–water partition coefficient (Wildman–Crippen LogP) is 2.34. The Balaban J connectivity index is 1.72. The number of aryl methyl sites for hydroxylation is 1. The van der Waals surface area contributed by atoms with Gasteiger partial charge in [-0.05, 0) is 26.8 Å². The molecule has 4 rings (SSSR count). The van der Waals surface area contributed by atoms with Crippen molar-refractivity contribution in [1.29, 1.82) is 0 Å². The molecule has 3 heterocycles. The Labute approximate surface area is 173 Å². The van der Waals surface area contributed by atoms with Gasteiger partial charge in [0.1, 0.15) is 17.8 Å². The molecule has 0 fully saturated rings. The van der Waals surface area contributed by atoms with Gasteiger partial charge in [-0.15, -0.1) is 0 Å². The number of hydrogen-bond donors (Lipinski definition) is 2. The highest BCUT2D eigenvalue weighted by atomic mass is 16.1. The van der Waals surface area contributed by atoms with Gasteiger partial charge in [0.15, 0.2) is 5.65 Å². The number of nitrogens with one attached hydrogen (secondary N) is 1. The van der Waals surface area contributed by atoms with Gasteiger partial charge < -0.3 is 11.1 Å². The normalized spacial score (nSPS) is 11.6. The summed E-state index contributed by atoms with van der Waals surface area (Å²) in [6.45, 7) is 6.30. The summed E-state index contributed by atoms with van der Waals surface area (Å²) < 4.78 is 1.79. The summed E-state index contributed by atoms with van der Waals surface area (Å²) in [6.07, 6.45) is 4.33. The van der Waals surface area contributed by atoms with Crippen molar-refractivity contribution < 1.29 is 4.79 Å². The fourth-order valence-corrected chi connectivity index (χ4v) is 3.21. The number of nitrogens with zero attached hydrogens (tertiary/aromatic N) is 6.